The predicted octanol–water partition coefficient (Wildman–Crippen LogP) is 0.139. The summed E-state index contributed by atoms with van der Waals surface area (Å²) >= 11 is 0. The summed E-state index contributed by atoms with van der Waals surface area (Å²) in [5.74, 6) is 0. The van der Waals surface area contributed by atoms with Crippen molar-refractivity contribution in [1.29, 1.82) is 0 Å². The number of ether oxygens (including phenoxy) is 1. The summed E-state index contributed by atoms with van der Waals surface area (Å²) in [6.45, 7) is 2.65. The van der Waals surface area contributed by atoms with Gasteiger partial charge in [0.1, 0.15) is 5.60 Å². The zero-order valence-corrected chi connectivity index (χ0v) is 8.40. The van der Waals surface area contributed by atoms with Gasteiger partial charge in [0.15, 0.2) is 0 Å². The molecule has 0 atom stereocenters. The van der Waals surface area contributed by atoms with E-state index in [9.17, 15) is 4.79 Å². The van der Waals surface area contributed by atoms with Crippen LogP contribution in [0.4, 0.5) is 5.69 Å². The van der Waals surface area contributed by atoms with E-state index in [0.29, 0.717) is 0 Å². The SMILES string of the molecule is O=c1cc(N2CC3(CCCO3)C2)cn[nH]1. The summed E-state index contributed by atoms with van der Waals surface area (Å²) in [4.78, 5) is 13.2. The monoisotopic (exact) mass is 207 g/mol. The Labute approximate surface area is 87.1 Å². The number of hydrogen-bond acceptors (Lipinski definition) is 4. The highest BCUT2D eigenvalue weighted by molar-refractivity contribution is 5.47. The Morgan fingerprint density at radius 1 is 1.53 bits per heavy atom. The van der Waals surface area contributed by atoms with Crippen LogP contribution in [-0.2, 0) is 4.74 Å². The first-order valence-corrected chi connectivity index (χ1v) is 5.21. The van der Waals surface area contributed by atoms with Crippen molar-refractivity contribution < 1.29 is 4.74 Å². The molecule has 5 heteroatoms. The van der Waals surface area contributed by atoms with Crippen LogP contribution in [-0.4, -0.2) is 35.5 Å². The number of nitrogens with zero attached hydrogens (tertiary/aromatic N) is 2. The molecule has 2 aliphatic rings. The van der Waals surface area contributed by atoms with Gasteiger partial charge in [0.2, 0.25) is 0 Å². The quantitative estimate of drug-likeness (QED) is 0.711. The fourth-order valence-corrected chi connectivity index (χ4v) is 2.38. The Morgan fingerprint density at radius 2 is 2.40 bits per heavy atom. The molecule has 3 heterocycles. The van der Waals surface area contributed by atoms with Crippen molar-refractivity contribution in [2.45, 2.75) is 18.4 Å². The molecule has 0 amide bonds. The van der Waals surface area contributed by atoms with Crippen LogP contribution in [0.1, 0.15) is 12.8 Å². The minimum atomic E-state index is -0.152. The van der Waals surface area contributed by atoms with E-state index in [-0.39, 0.29) is 11.2 Å². The number of H-pyrrole nitrogens is 1. The van der Waals surface area contributed by atoms with Crippen LogP contribution in [0.25, 0.3) is 0 Å². The molecule has 2 fully saturated rings. The van der Waals surface area contributed by atoms with Crippen molar-refractivity contribution >= 4 is 5.69 Å². The summed E-state index contributed by atoms with van der Waals surface area (Å²) in [5, 5.41) is 6.15. The minimum Gasteiger partial charge on any atom is -0.371 e. The molecule has 0 bridgehead atoms. The average molecular weight is 207 g/mol. The van der Waals surface area contributed by atoms with Crippen LogP contribution in [0, 0.1) is 0 Å². The van der Waals surface area contributed by atoms with Gasteiger partial charge >= 0.3 is 0 Å². The van der Waals surface area contributed by atoms with E-state index in [1.165, 1.54) is 0 Å². The smallest absolute Gasteiger partial charge is 0.266 e. The van der Waals surface area contributed by atoms with Gasteiger partial charge in [-0.05, 0) is 12.8 Å². The Bertz CT molecular complexity index is 415. The zero-order valence-electron chi connectivity index (χ0n) is 8.40. The lowest BCUT2D eigenvalue weighted by atomic mass is 9.90. The van der Waals surface area contributed by atoms with Crippen LogP contribution in [0.2, 0.25) is 0 Å². The molecule has 0 aliphatic carbocycles. The number of aromatic nitrogens is 2. The van der Waals surface area contributed by atoms with Gasteiger partial charge in [-0.25, -0.2) is 5.10 Å². The fourth-order valence-electron chi connectivity index (χ4n) is 2.38. The van der Waals surface area contributed by atoms with Gasteiger partial charge < -0.3 is 9.64 Å². The van der Waals surface area contributed by atoms with E-state index in [4.69, 9.17) is 4.74 Å². The third kappa shape index (κ3) is 1.43. The van der Waals surface area contributed by atoms with Gasteiger partial charge in [0.25, 0.3) is 5.56 Å². The number of aromatic amines is 1. The molecule has 3 rings (SSSR count). The summed E-state index contributed by atoms with van der Waals surface area (Å²) in [6.07, 6.45) is 3.98. The maximum atomic E-state index is 11.1. The number of anilines is 1. The van der Waals surface area contributed by atoms with E-state index in [2.05, 4.69) is 15.1 Å². The summed E-state index contributed by atoms with van der Waals surface area (Å²) in [7, 11) is 0. The average Bonchev–Trinajstić information content (AvgIpc) is 2.64. The third-order valence-electron chi connectivity index (χ3n) is 3.16. The lowest BCUT2D eigenvalue weighted by Gasteiger charge is -2.48. The van der Waals surface area contributed by atoms with Crippen LogP contribution in [0.3, 0.4) is 0 Å². The molecule has 1 aromatic rings. The van der Waals surface area contributed by atoms with E-state index in [1.54, 1.807) is 12.3 Å². The standard InChI is InChI=1S/C10H13N3O2/c14-9-4-8(5-11-12-9)13-6-10(7-13)2-1-3-15-10/h4-5H,1-3,6-7H2,(H,12,14). The Balaban J connectivity index is 1.74. The van der Waals surface area contributed by atoms with Crippen molar-refractivity contribution in [1.82, 2.24) is 10.2 Å². The van der Waals surface area contributed by atoms with Crippen LogP contribution in [0.15, 0.2) is 17.1 Å². The maximum Gasteiger partial charge on any atom is 0.266 e. The van der Waals surface area contributed by atoms with E-state index in [1.807, 2.05) is 0 Å². The molecular formula is C10H13N3O2. The summed E-state index contributed by atoms with van der Waals surface area (Å²) in [6, 6.07) is 1.58. The molecule has 2 aliphatic heterocycles. The highest BCUT2D eigenvalue weighted by Crippen LogP contribution is 2.36. The molecule has 1 aromatic heterocycles. The largest absolute Gasteiger partial charge is 0.371 e. The second kappa shape index (κ2) is 3.06. The van der Waals surface area contributed by atoms with Gasteiger partial charge in [-0.1, -0.05) is 0 Å². The number of hydrogen-bond donors (Lipinski definition) is 1. The molecule has 15 heavy (non-hydrogen) atoms. The van der Waals surface area contributed by atoms with Gasteiger partial charge in [-0.3, -0.25) is 4.79 Å². The van der Waals surface area contributed by atoms with Gasteiger partial charge in [-0.15, -0.1) is 0 Å². The van der Waals surface area contributed by atoms with Crippen LogP contribution >= 0.6 is 0 Å². The Hall–Kier alpha value is -1.36. The highest BCUT2D eigenvalue weighted by atomic mass is 16.5. The predicted molar refractivity (Wildman–Crippen MR) is 55.0 cm³/mol. The van der Waals surface area contributed by atoms with Gasteiger partial charge in [0, 0.05) is 25.8 Å². The lowest BCUT2D eigenvalue weighted by Crippen LogP contribution is -2.61. The third-order valence-corrected chi connectivity index (χ3v) is 3.16. The van der Waals surface area contributed by atoms with E-state index < -0.39 is 0 Å². The van der Waals surface area contributed by atoms with Crippen molar-refractivity contribution in [2.75, 3.05) is 24.6 Å². The number of nitrogens with one attached hydrogen (secondary N) is 1. The first-order chi connectivity index (χ1) is 7.27. The van der Waals surface area contributed by atoms with Gasteiger partial charge in [-0.2, -0.15) is 5.10 Å². The first kappa shape index (κ1) is 8.91. The molecule has 0 radical (unpaired) electrons. The van der Waals surface area contributed by atoms with Crippen molar-refractivity contribution in [3.63, 3.8) is 0 Å². The summed E-state index contributed by atoms with van der Waals surface area (Å²) < 4.78 is 5.71. The molecule has 5 nitrogen and oxygen atoms in total. The fraction of sp³-hybridized carbons (Fsp3) is 0.600. The molecule has 0 saturated carbocycles. The van der Waals surface area contributed by atoms with Crippen LogP contribution in [0.5, 0.6) is 0 Å². The highest BCUT2D eigenvalue weighted by Gasteiger charge is 2.46. The van der Waals surface area contributed by atoms with Crippen molar-refractivity contribution in [3.8, 4) is 0 Å². The zero-order chi connectivity index (χ0) is 10.3. The van der Waals surface area contributed by atoms with Crippen molar-refractivity contribution in [2.24, 2.45) is 0 Å². The number of rotatable bonds is 1. The van der Waals surface area contributed by atoms with Crippen LogP contribution < -0.4 is 10.5 Å². The topological polar surface area (TPSA) is 58.2 Å². The molecule has 0 aromatic carbocycles. The summed E-state index contributed by atoms with van der Waals surface area (Å²) in [5.41, 5.74) is 0.809. The Kier molecular flexibility index (Phi) is 1.82. The Morgan fingerprint density at radius 3 is 3.07 bits per heavy atom. The first-order valence-electron chi connectivity index (χ1n) is 5.21. The normalized spacial score (nSPS) is 23.1. The molecule has 0 unspecified atom stereocenters. The van der Waals surface area contributed by atoms with E-state index >= 15 is 0 Å². The van der Waals surface area contributed by atoms with E-state index in [0.717, 1.165) is 38.2 Å². The van der Waals surface area contributed by atoms with Crippen molar-refractivity contribution in [3.05, 3.63) is 22.6 Å². The van der Waals surface area contributed by atoms with Gasteiger partial charge in [0.05, 0.1) is 11.9 Å². The maximum absolute atomic E-state index is 11.1. The molecule has 1 spiro atoms. The molecule has 2 saturated heterocycles. The molecule has 1 N–H and O–H groups in total. The second-order valence-electron chi connectivity index (χ2n) is 4.29. The molecule has 80 valence electrons. The molecular weight excluding hydrogens is 194 g/mol. The lowest BCUT2D eigenvalue weighted by molar-refractivity contribution is -0.0180. The second-order valence-corrected chi connectivity index (χ2v) is 4.29. The minimum absolute atomic E-state index is 0.0720.